The average Bonchev–Trinajstić information content (AvgIpc) is 3.12. The third-order valence-electron chi connectivity index (χ3n) is 5.83. The van der Waals surface area contributed by atoms with E-state index < -0.39 is 25.8 Å². The molecule has 162 valence electrons. The Hall–Kier alpha value is -1.78. The summed E-state index contributed by atoms with van der Waals surface area (Å²) in [6.45, 7) is 4.68. The van der Waals surface area contributed by atoms with Gasteiger partial charge in [-0.15, -0.1) is 0 Å². The van der Waals surface area contributed by atoms with Crippen LogP contribution in [0.5, 0.6) is 0 Å². The standard InChI is InChI=1S/C21H26N2O5S2/c1-17-5-3-7-19(15-17)29(24,25)22-11-9-21(10-12-22)23(13-14-28-21)30(26,27)20-8-4-6-18(2)16-20/h3-8,15-16H,9-14H2,1-2H3. The first-order chi connectivity index (χ1) is 14.1. The molecule has 0 bridgehead atoms. The molecule has 9 heteroatoms. The van der Waals surface area contributed by atoms with Gasteiger partial charge in [0.2, 0.25) is 20.0 Å². The highest BCUT2D eigenvalue weighted by molar-refractivity contribution is 7.89. The average molecular weight is 451 g/mol. The van der Waals surface area contributed by atoms with E-state index in [1.165, 1.54) is 8.61 Å². The zero-order chi connectivity index (χ0) is 21.6. The van der Waals surface area contributed by atoms with E-state index in [1.54, 1.807) is 36.4 Å². The third-order valence-corrected chi connectivity index (χ3v) is 9.67. The number of rotatable bonds is 4. The van der Waals surface area contributed by atoms with Crippen molar-refractivity contribution in [3.05, 3.63) is 59.7 Å². The minimum atomic E-state index is -3.74. The lowest BCUT2D eigenvalue weighted by Gasteiger charge is -2.42. The predicted octanol–water partition coefficient (Wildman–Crippen LogP) is 2.51. The van der Waals surface area contributed by atoms with Crippen LogP contribution >= 0.6 is 0 Å². The van der Waals surface area contributed by atoms with Gasteiger partial charge >= 0.3 is 0 Å². The second-order valence-electron chi connectivity index (χ2n) is 7.91. The van der Waals surface area contributed by atoms with Crippen LogP contribution in [0, 0.1) is 13.8 Å². The number of nitrogens with zero attached hydrogens (tertiary/aromatic N) is 2. The van der Waals surface area contributed by atoms with Crippen LogP contribution in [0.2, 0.25) is 0 Å². The quantitative estimate of drug-likeness (QED) is 0.715. The molecular weight excluding hydrogens is 424 g/mol. The highest BCUT2D eigenvalue weighted by Gasteiger charge is 2.51. The zero-order valence-electron chi connectivity index (χ0n) is 17.1. The van der Waals surface area contributed by atoms with Crippen molar-refractivity contribution in [2.45, 2.75) is 42.2 Å². The van der Waals surface area contributed by atoms with Gasteiger partial charge in [-0.05, 0) is 49.2 Å². The Kier molecular flexibility index (Phi) is 5.52. The fourth-order valence-corrected chi connectivity index (χ4v) is 7.61. The van der Waals surface area contributed by atoms with Gasteiger partial charge in [-0.3, -0.25) is 0 Å². The summed E-state index contributed by atoms with van der Waals surface area (Å²) in [7, 11) is -7.37. The molecule has 0 N–H and O–H groups in total. The van der Waals surface area contributed by atoms with Gasteiger partial charge in [-0.1, -0.05) is 24.3 Å². The molecule has 2 aromatic rings. The topological polar surface area (TPSA) is 84.0 Å². The Morgan fingerprint density at radius 1 is 0.800 bits per heavy atom. The molecule has 0 radical (unpaired) electrons. The lowest BCUT2D eigenvalue weighted by atomic mass is 10.0. The van der Waals surface area contributed by atoms with Crippen LogP contribution in [0.25, 0.3) is 0 Å². The van der Waals surface area contributed by atoms with Crippen molar-refractivity contribution in [2.24, 2.45) is 0 Å². The molecular formula is C21H26N2O5S2. The molecule has 0 aliphatic carbocycles. The molecule has 0 saturated carbocycles. The van der Waals surface area contributed by atoms with Crippen LogP contribution < -0.4 is 0 Å². The van der Waals surface area contributed by atoms with Crippen molar-refractivity contribution in [1.82, 2.24) is 8.61 Å². The number of ether oxygens (including phenoxy) is 1. The predicted molar refractivity (Wildman–Crippen MR) is 113 cm³/mol. The number of benzene rings is 2. The van der Waals surface area contributed by atoms with Crippen molar-refractivity contribution < 1.29 is 21.6 Å². The number of sulfonamides is 2. The van der Waals surface area contributed by atoms with Gasteiger partial charge in [0.25, 0.3) is 0 Å². The summed E-state index contributed by atoms with van der Waals surface area (Å²) < 4.78 is 61.5. The molecule has 2 fully saturated rings. The molecule has 30 heavy (non-hydrogen) atoms. The summed E-state index contributed by atoms with van der Waals surface area (Å²) in [6.07, 6.45) is 0.589. The molecule has 0 amide bonds. The molecule has 7 nitrogen and oxygen atoms in total. The van der Waals surface area contributed by atoms with Crippen LogP contribution in [-0.2, 0) is 24.8 Å². The number of hydrogen-bond acceptors (Lipinski definition) is 5. The van der Waals surface area contributed by atoms with E-state index in [4.69, 9.17) is 4.74 Å². The summed E-state index contributed by atoms with van der Waals surface area (Å²) in [5.41, 5.74) is 0.740. The Morgan fingerprint density at radius 3 is 1.87 bits per heavy atom. The Balaban J connectivity index is 1.57. The molecule has 2 aromatic carbocycles. The summed E-state index contributed by atoms with van der Waals surface area (Å²) in [4.78, 5) is 0.497. The summed E-state index contributed by atoms with van der Waals surface area (Å²) in [6, 6.07) is 13.6. The Morgan fingerprint density at radius 2 is 1.33 bits per heavy atom. The highest BCUT2D eigenvalue weighted by Crippen LogP contribution is 2.39. The van der Waals surface area contributed by atoms with Crippen LogP contribution in [0.4, 0.5) is 0 Å². The van der Waals surface area contributed by atoms with Gasteiger partial charge in [0.15, 0.2) is 0 Å². The minimum absolute atomic E-state index is 0.204. The van der Waals surface area contributed by atoms with E-state index in [0.717, 1.165) is 11.1 Å². The monoisotopic (exact) mass is 450 g/mol. The SMILES string of the molecule is Cc1cccc(S(=O)(=O)N2CCC3(CC2)OCCN3S(=O)(=O)c2cccc(C)c2)c1. The van der Waals surface area contributed by atoms with E-state index in [0.29, 0.717) is 19.4 Å². The van der Waals surface area contributed by atoms with E-state index in [2.05, 4.69) is 0 Å². The molecule has 2 aliphatic rings. The van der Waals surface area contributed by atoms with Gasteiger partial charge in [0.1, 0.15) is 5.72 Å². The molecule has 2 aliphatic heterocycles. The van der Waals surface area contributed by atoms with Gasteiger partial charge in [-0.25, -0.2) is 16.8 Å². The molecule has 0 unspecified atom stereocenters. The molecule has 2 heterocycles. The van der Waals surface area contributed by atoms with Crippen molar-refractivity contribution in [2.75, 3.05) is 26.2 Å². The van der Waals surface area contributed by atoms with Crippen molar-refractivity contribution in [3.8, 4) is 0 Å². The fourth-order valence-electron chi connectivity index (χ4n) is 4.23. The summed E-state index contributed by atoms with van der Waals surface area (Å²) in [5.74, 6) is 0. The van der Waals surface area contributed by atoms with Crippen LogP contribution in [-0.4, -0.2) is 57.4 Å². The maximum atomic E-state index is 13.3. The van der Waals surface area contributed by atoms with Gasteiger partial charge in [0, 0.05) is 32.5 Å². The van der Waals surface area contributed by atoms with Crippen LogP contribution in [0.3, 0.4) is 0 Å². The molecule has 1 spiro atoms. The number of aryl methyl sites for hydroxylation is 2. The second-order valence-corrected chi connectivity index (χ2v) is 11.7. The van der Waals surface area contributed by atoms with E-state index in [1.807, 2.05) is 26.0 Å². The summed E-state index contributed by atoms with van der Waals surface area (Å²) >= 11 is 0. The normalized spacial score (nSPS) is 20.6. The second kappa shape index (κ2) is 7.72. The molecule has 4 rings (SSSR count). The Labute approximate surface area is 178 Å². The first-order valence-corrected chi connectivity index (χ1v) is 12.8. The number of piperidine rings is 1. The molecule has 2 saturated heterocycles. The van der Waals surface area contributed by atoms with Crippen molar-refractivity contribution >= 4 is 20.0 Å². The number of hydrogen-bond donors (Lipinski definition) is 0. The van der Waals surface area contributed by atoms with Gasteiger partial charge < -0.3 is 4.74 Å². The first kappa shape index (κ1) is 21.5. The van der Waals surface area contributed by atoms with Crippen LogP contribution in [0.15, 0.2) is 58.3 Å². The largest absolute Gasteiger partial charge is 0.358 e. The molecule has 0 atom stereocenters. The van der Waals surface area contributed by atoms with E-state index >= 15 is 0 Å². The molecule has 0 aromatic heterocycles. The van der Waals surface area contributed by atoms with E-state index in [-0.39, 0.29) is 29.4 Å². The van der Waals surface area contributed by atoms with Crippen molar-refractivity contribution in [3.63, 3.8) is 0 Å². The smallest absolute Gasteiger partial charge is 0.245 e. The highest BCUT2D eigenvalue weighted by atomic mass is 32.2. The summed E-state index contributed by atoms with van der Waals surface area (Å²) in [5, 5.41) is 0. The lowest BCUT2D eigenvalue weighted by Crippen LogP contribution is -2.55. The first-order valence-electron chi connectivity index (χ1n) is 9.95. The lowest BCUT2D eigenvalue weighted by molar-refractivity contribution is -0.0806. The Bertz CT molecular complexity index is 1150. The minimum Gasteiger partial charge on any atom is -0.358 e. The van der Waals surface area contributed by atoms with E-state index in [9.17, 15) is 16.8 Å². The zero-order valence-corrected chi connectivity index (χ0v) is 18.7. The van der Waals surface area contributed by atoms with Crippen molar-refractivity contribution in [1.29, 1.82) is 0 Å². The third kappa shape index (κ3) is 3.69. The van der Waals surface area contributed by atoms with Gasteiger partial charge in [0.05, 0.1) is 16.4 Å². The fraction of sp³-hybridized carbons (Fsp3) is 0.429. The van der Waals surface area contributed by atoms with Crippen LogP contribution in [0.1, 0.15) is 24.0 Å². The maximum absolute atomic E-state index is 13.3. The maximum Gasteiger partial charge on any atom is 0.245 e. The van der Waals surface area contributed by atoms with Gasteiger partial charge in [-0.2, -0.15) is 8.61 Å².